The van der Waals surface area contributed by atoms with Crippen LogP contribution in [0.1, 0.15) is 47.7 Å². The standard InChI is InChI=1S/C22H30N2O3S/c1-14-8-11-21(17(4)12-14)18(5)23-22(25)19(6)24(28(7,26)27)20-10-9-15(2)16(3)13-20/h8-13,18-19H,1-7H3,(H,23,25)/t18-,19+/m1/s1. The monoisotopic (exact) mass is 402 g/mol. The summed E-state index contributed by atoms with van der Waals surface area (Å²) in [5.74, 6) is -0.337. The molecule has 1 N–H and O–H groups in total. The largest absolute Gasteiger partial charge is 0.348 e. The lowest BCUT2D eigenvalue weighted by Crippen LogP contribution is -2.48. The molecule has 2 aromatic rings. The zero-order chi connectivity index (χ0) is 21.2. The second-order valence-electron chi connectivity index (χ2n) is 7.59. The van der Waals surface area contributed by atoms with Crippen molar-refractivity contribution >= 4 is 21.6 Å². The number of nitrogens with zero attached hydrogens (tertiary/aromatic N) is 1. The molecule has 0 spiro atoms. The Kier molecular flexibility index (Phi) is 6.55. The third kappa shape index (κ3) is 4.93. The number of benzene rings is 2. The minimum absolute atomic E-state index is 0.225. The van der Waals surface area contributed by atoms with Crippen molar-refractivity contribution in [2.24, 2.45) is 0 Å². The summed E-state index contributed by atoms with van der Waals surface area (Å²) in [4.78, 5) is 12.9. The number of hydrogen-bond donors (Lipinski definition) is 1. The van der Waals surface area contributed by atoms with E-state index in [1.165, 1.54) is 4.31 Å². The maximum absolute atomic E-state index is 12.9. The van der Waals surface area contributed by atoms with Crippen molar-refractivity contribution in [1.82, 2.24) is 5.32 Å². The van der Waals surface area contributed by atoms with Gasteiger partial charge in [-0.15, -0.1) is 0 Å². The van der Waals surface area contributed by atoms with E-state index in [2.05, 4.69) is 11.4 Å². The van der Waals surface area contributed by atoms with E-state index in [1.807, 2.05) is 52.8 Å². The van der Waals surface area contributed by atoms with E-state index >= 15 is 0 Å². The van der Waals surface area contributed by atoms with Gasteiger partial charge in [0.25, 0.3) is 0 Å². The lowest BCUT2D eigenvalue weighted by atomic mass is 10.00. The zero-order valence-corrected chi connectivity index (χ0v) is 18.5. The van der Waals surface area contributed by atoms with Crippen molar-refractivity contribution in [3.8, 4) is 0 Å². The average Bonchev–Trinajstić information content (AvgIpc) is 2.56. The molecule has 0 aromatic heterocycles. The van der Waals surface area contributed by atoms with Crippen LogP contribution in [0.25, 0.3) is 0 Å². The molecule has 2 aromatic carbocycles. The molecule has 0 saturated heterocycles. The third-order valence-corrected chi connectivity index (χ3v) is 6.33. The van der Waals surface area contributed by atoms with Crippen LogP contribution >= 0.6 is 0 Å². The molecule has 0 radical (unpaired) electrons. The summed E-state index contributed by atoms with van der Waals surface area (Å²) in [6.07, 6.45) is 1.12. The highest BCUT2D eigenvalue weighted by molar-refractivity contribution is 7.92. The Labute approximate surface area is 168 Å². The number of amides is 1. The average molecular weight is 403 g/mol. The molecule has 5 nitrogen and oxygen atoms in total. The molecule has 0 bridgehead atoms. The van der Waals surface area contributed by atoms with Crippen LogP contribution in [-0.2, 0) is 14.8 Å². The summed E-state index contributed by atoms with van der Waals surface area (Å²) in [6.45, 7) is 11.4. The first-order chi connectivity index (χ1) is 12.9. The first kappa shape index (κ1) is 22.0. The highest BCUT2D eigenvalue weighted by Gasteiger charge is 2.30. The summed E-state index contributed by atoms with van der Waals surface area (Å²) in [7, 11) is -3.63. The summed E-state index contributed by atoms with van der Waals surface area (Å²) >= 11 is 0. The molecular weight excluding hydrogens is 372 g/mol. The smallest absolute Gasteiger partial charge is 0.244 e. The first-order valence-corrected chi connectivity index (χ1v) is 11.2. The van der Waals surface area contributed by atoms with Gasteiger partial charge in [-0.05, 0) is 75.9 Å². The Morgan fingerprint density at radius 2 is 1.57 bits per heavy atom. The summed E-state index contributed by atoms with van der Waals surface area (Å²) in [6, 6.07) is 10.4. The van der Waals surface area contributed by atoms with E-state index in [9.17, 15) is 13.2 Å². The summed E-state index contributed by atoms with van der Waals surface area (Å²) in [5, 5.41) is 2.96. The minimum atomic E-state index is -3.63. The first-order valence-electron chi connectivity index (χ1n) is 9.36. The highest BCUT2D eigenvalue weighted by Crippen LogP contribution is 2.25. The lowest BCUT2D eigenvalue weighted by Gasteiger charge is -2.30. The van der Waals surface area contributed by atoms with Crippen LogP contribution in [-0.4, -0.2) is 26.6 Å². The number of carbonyl (C=O) groups is 1. The fraction of sp³-hybridized carbons (Fsp3) is 0.409. The van der Waals surface area contributed by atoms with Gasteiger partial charge in [0.1, 0.15) is 6.04 Å². The van der Waals surface area contributed by atoms with Gasteiger partial charge in [-0.1, -0.05) is 29.8 Å². The number of nitrogens with one attached hydrogen (secondary N) is 1. The lowest BCUT2D eigenvalue weighted by molar-refractivity contribution is -0.122. The van der Waals surface area contributed by atoms with Crippen LogP contribution in [0.2, 0.25) is 0 Å². The van der Waals surface area contributed by atoms with Gasteiger partial charge in [-0.3, -0.25) is 9.10 Å². The molecule has 152 valence electrons. The van der Waals surface area contributed by atoms with Crippen molar-refractivity contribution in [2.75, 3.05) is 10.6 Å². The Hall–Kier alpha value is -2.34. The minimum Gasteiger partial charge on any atom is -0.348 e. The molecule has 0 fully saturated rings. The van der Waals surface area contributed by atoms with Gasteiger partial charge >= 0.3 is 0 Å². The number of aryl methyl sites for hydroxylation is 4. The van der Waals surface area contributed by atoms with Crippen LogP contribution < -0.4 is 9.62 Å². The van der Waals surface area contributed by atoms with Crippen molar-refractivity contribution in [1.29, 1.82) is 0 Å². The van der Waals surface area contributed by atoms with Gasteiger partial charge in [0.2, 0.25) is 15.9 Å². The molecule has 0 aliphatic carbocycles. The predicted octanol–water partition coefficient (Wildman–Crippen LogP) is 3.95. The summed E-state index contributed by atoms with van der Waals surface area (Å²) < 4.78 is 26.1. The second-order valence-corrected chi connectivity index (χ2v) is 9.45. The highest BCUT2D eigenvalue weighted by atomic mass is 32.2. The fourth-order valence-corrected chi connectivity index (χ4v) is 4.56. The normalized spacial score (nSPS) is 13.7. The van der Waals surface area contributed by atoms with Crippen LogP contribution in [0.5, 0.6) is 0 Å². The molecule has 0 aliphatic heterocycles. The van der Waals surface area contributed by atoms with Crippen LogP contribution in [0, 0.1) is 27.7 Å². The van der Waals surface area contributed by atoms with E-state index in [0.717, 1.165) is 34.1 Å². The van der Waals surface area contributed by atoms with E-state index in [-0.39, 0.29) is 11.9 Å². The zero-order valence-electron chi connectivity index (χ0n) is 17.7. The fourth-order valence-electron chi connectivity index (χ4n) is 3.39. The Balaban J connectivity index is 2.29. The second kappa shape index (κ2) is 8.35. The van der Waals surface area contributed by atoms with E-state index in [0.29, 0.717) is 5.69 Å². The quantitative estimate of drug-likeness (QED) is 0.795. The van der Waals surface area contributed by atoms with E-state index in [1.54, 1.807) is 19.1 Å². The van der Waals surface area contributed by atoms with Crippen LogP contribution in [0.15, 0.2) is 36.4 Å². The molecule has 0 unspecified atom stereocenters. The molecular formula is C22H30N2O3S. The van der Waals surface area contributed by atoms with Gasteiger partial charge < -0.3 is 5.32 Å². The molecule has 2 atom stereocenters. The number of carbonyl (C=O) groups excluding carboxylic acids is 1. The van der Waals surface area contributed by atoms with Crippen molar-refractivity contribution in [3.63, 3.8) is 0 Å². The molecule has 0 saturated carbocycles. The Morgan fingerprint density at radius 1 is 0.929 bits per heavy atom. The topological polar surface area (TPSA) is 66.5 Å². The van der Waals surface area contributed by atoms with E-state index < -0.39 is 16.1 Å². The SMILES string of the molecule is Cc1ccc([C@@H](C)NC(=O)[C@H](C)N(c2ccc(C)c(C)c2)S(C)(=O)=O)c(C)c1. The molecule has 0 heterocycles. The number of hydrogen-bond acceptors (Lipinski definition) is 3. The van der Waals surface area contributed by atoms with Gasteiger partial charge in [-0.25, -0.2) is 8.42 Å². The van der Waals surface area contributed by atoms with Crippen molar-refractivity contribution in [2.45, 2.75) is 53.6 Å². The molecule has 6 heteroatoms. The van der Waals surface area contributed by atoms with Crippen molar-refractivity contribution in [3.05, 3.63) is 64.2 Å². The molecule has 0 aliphatic rings. The molecule has 2 rings (SSSR count). The number of rotatable bonds is 6. The van der Waals surface area contributed by atoms with E-state index in [4.69, 9.17) is 0 Å². The number of anilines is 1. The Bertz CT molecular complexity index is 983. The molecule has 1 amide bonds. The predicted molar refractivity (Wildman–Crippen MR) is 115 cm³/mol. The van der Waals surface area contributed by atoms with Crippen molar-refractivity contribution < 1.29 is 13.2 Å². The van der Waals surface area contributed by atoms with Gasteiger partial charge in [0.15, 0.2) is 0 Å². The van der Waals surface area contributed by atoms with Crippen LogP contribution in [0.4, 0.5) is 5.69 Å². The molecule has 28 heavy (non-hydrogen) atoms. The summed E-state index contributed by atoms with van der Waals surface area (Å²) in [5.41, 5.74) is 5.80. The Morgan fingerprint density at radius 3 is 2.11 bits per heavy atom. The third-order valence-electron chi connectivity index (χ3n) is 5.08. The number of sulfonamides is 1. The van der Waals surface area contributed by atoms with Gasteiger partial charge in [0, 0.05) is 0 Å². The van der Waals surface area contributed by atoms with Gasteiger partial charge in [0.05, 0.1) is 18.0 Å². The maximum Gasteiger partial charge on any atom is 0.244 e. The van der Waals surface area contributed by atoms with Gasteiger partial charge in [-0.2, -0.15) is 0 Å². The maximum atomic E-state index is 12.9. The van der Waals surface area contributed by atoms with Crippen LogP contribution in [0.3, 0.4) is 0 Å².